The molecule has 0 aliphatic carbocycles. The molecule has 0 radical (unpaired) electrons. The summed E-state index contributed by atoms with van der Waals surface area (Å²) in [5, 5.41) is 5.72. The Bertz CT molecular complexity index is 813. The maximum atomic E-state index is 12.7. The number of benzene rings is 1. The molecular weight excluding hydrogens is 328 g/mol. The molecule has 6 heteroatoms. The van der Waals surface area contributed by atoms with Gasteiger partial charge in [0.1, 0.15) is 5.82 Å². The van der Waals surface area contributed by atoms with E-state index >= 15 is 0 Å². The van der Waals surface area contributed by atoms with Gasteiger partial charge >= 0.3 is 0 Å². The Morgan fingerprint density at radius 2 is 1.92 bits per heavy atom. The molecule has 1 atom stereocenters. The van der Waals surface area contributed by atoms with Gasteiger partial charge in [-0.3, -0.25) is 9.59 Å². The molecule has 1 aromatic carbocycles. The number of nitrogens with zero attached hydrogens (tertiary/aromatic N) is 2. The summed E-state index contributed by atoms with van der Waals surface area (Å²) in [4.78, 5) is 31.4. The second-order valence-electron chi connectivity index (χ2n) is 6.83. The van der Waals surface area contributed by atoms with Gasteiger partial charge in [0.05, 0.1) is 17.8 Å². The second-order valence-corrected chi connectivity index (χ2v) is 6.83. The van der Waals surface area contributed by atoms with E-state index in [0.717, 1.165) is 24.5 Å². The highest BCUT2D eigenvalue weighted by molar-refractivity contribution is 6.05. The van der Waals surface area contributed by atoms with Crippen molar-refractivity contribution in [1.29, 1.82) is 0 Å². The Morgan fingerprint density at radius 3 is 2.69 bits per heavy atom. The summed E-state index contributed by atoms with van der Waals surface area (Å²) in [7, 11) is 0. The van der Waals surface area contributed by atoms with Crippen molar-refractivity contribution >= 4 is 29.0 Å². The van der Waals surface area contributed by atoms with E-state index in [1.807, 2.05) is 36.4 Å². The number of para-hydroxylation sites is 1. The van der Waals surface area contributed by atoms with Crippen molar-refractivity contribution in [3.05, 3.63) is 48.2 Å². The summed E-state index contributed by atoms with van der Waals surface area (Å²) in [6.07, 6.45) is 5.52. The highest BCUT2D eigenvalue weighted by Gasteiger charge is 2.30. The van der Waals surface area contributed by atoms with Crippen LogP contribution in [-0.4, -0.2) is 29.9 Å². The van der Waals surface area contributed by atoms with Crippen molar-refractivity contribution in [3.63, 3.8) is 0 Å². The van der Waals surface area contributed by atoms with E-state index in [4.69, 9.17) is 0 Å². The van der Waals surface area contributed by atoms with Crippen LogP contribution in [0.5, 0.6) is 0 Å². The van der Waals surface area contributed by atoms with Gasteiger partial charge in [0.25, 0.3) is 0 Å². The van der Waals surface area contributed by atoms with E-state index < -0.39 is 5.92 Å². The first-order valence-electron chi connectivity index (χ1n) is 9.11. The number of anilines is 3. The number of carbonyl (C=O) groups excluding carboxylic acids is 2. The number of nitrogens with one attached hydrogen (secondary N) is 2. The number of amides is 2. The van der Waals surface area contributed by atoms with Crippen molar-refractivity contribution < 1.29 is 9.59 Å². The molecule has 2 amide bonds. The predicted molar refractivity (Wildman–Crippen MR) is 101 cm³/mol. The molecule has 6 nitrogen and oxygen atoms in total. The Morgan fingerprint density at radius 1 is 1.12 bits per heavy atom. The average Bonchev–Trinajstić information content (AvgIpc) is 2.68. The number of aromatic nitrogens is 1. The number of carbonyl (C=O) groups is 2. The Labute approximate surface area is 152 Å². The highest BCUT2D eigenvalue weighted by Crippen LogP contribution is 2.32. The van der Waals surface area contributed by atoms with Crippen LogP contribution in [0.4, 0.5) is 17.2 Å². The molecule has 134 valence electrons. The third-order valence-corrected chi connectivity index (χ3v) is 5.01. The fourth-order valence-corrected chi connectivity index (χ4v) is 3.64. The lowest BCUT2D eigenvalue weighted by Gasteiger charge is -2.28. The minimum absolute atomic E-state index is 0.137. The monoisotopic (exact) mass is 350 g/mol. The molecule has 4 rings (SSSR count). The molecule has 3 heterocycles. The lowest BCUT2D eigenvalue weighted by atomic mass is 9.90. The fraction of sp³-hybridized carbons (Fsp3) is 0.350. The lowest BCUT2D eigenvalue weighted by molar-refractivity contribution is -0.123. The van der Waals surface area contributed by atoms with Gasteiger partial charge in [-0.05, 0) is 43.0 Å². The minimum atomic E-state index is -0.485. The number of hydrogen-bond acceptors (Lipinski definition) is 4. The largest absolute Gasteiger partial charge is 0.357 e. The quantitative estimate of drug-likeness (QED) is 0.892. The molecular formula is C20H22N4O2. The summed E-state index contributed by atoms with van der Waals surface area (Å²) >= 11 is 0. The van der Waals surface area contributed by atoms with Gasteiger partial charge in [0.15, 0.2) is 0 Å². The summed E-state index contributed by atoms with van der Waals surface area (Å²) in [6.45, 7) is 2.07. The summed E-state index contributed by atoms with van der Waals surface area (Å²) < 4.78 is 0. The van der Waals surface area contributed by atoms with Gasteiger partial charge in [0.2, 0.25) is 11.8 Å². The van der Waals surface area contributed by atoms with Crippen LogP contribution in [0.2, 0.25) is 0 Å². The Balaban J connectivity index is 1.47. The number of hydrogen-bond donors (Lipinski definition) is 2. The first-order valence-corrected chi connectivity index (χ1v) is 9.11. The van der Waals surface area contributed by atoms with Crippen LogP contribution in [0.15, 0.2) is 42.6 Å². The first-order chi connectivity index (χ1) is 12.7. The molecule has 0 spiro atoms. The number of fused-ring (bicyclic) bond motifs is 1. The van der Waals surface area contributed by atoms with Crippen LogP contribution in [0.25, 0.3) is 0 Å². The third kappa shape index (κ3) is 3.40. The maximum Gasteiger partial charge on any atom is 0.232 e. The zero-order valence-electron chi connectivity index (χ0n) is 14.6. The standard InChI is InChI=1S/C20H22N4O2/c25-19-12-16(15-6-2-3-7-17(15)23-19)20(26)22-14-8-9-18(21-13-14)24-10-4-1-5-11-24/h2-3,6-9,13,16H,1,4-5,10-12H2,(H,22,26)(H,23,25). The average molecular weight is 350 g/mol. The van der Waals surface area contributed by atoms with Crippen molar-refractivity contribution in [3.8, 4) is 0 Å². The molecule has 2 aliphatic heterocycles. The van der Waals surface area contributed by atoms with E-state index in [2.05, 4.69) is 20.5 Å². The SMILES string of the molecule is O=C1CC(C(=O)Nc2ccc(N3CCCCC3)nc2)c2ccccc2N1. The lowest BCUT2D eigenvalue weighted by Crippen LogP contribution is -2.31. The van der Waals surface area contributed by atoms with E-state index in [9.17, 15) is 9.59 Å². The molecule has 2 aliphatic rings. The molecule has 2 N–H and O–H groups in total. The van der Waals surface area contributed by atoms with E-state index in [-0.39, 0.29) is 18.2 Å². The van der Waals surface area contributed by atoms with Crippen LogP contribution in [0, 0.1) is 0 Å². The van der Waals surface area contributed by atoms with Gasteiger partial charge in [-0.15, -0.1) is 0 Å². The molecule has 0 bridgehead atoms. The summed E-state index contributed by atoms with van der Waals surface area (Å²) in [6, 6.07) is 11.3. The normalized spacial score (nSPS) is 19.5. The van der Waals surface area contributed by atoms with Crippen LogP contribution in [-0.2, 0) is 9.59 Å². The van der Waals surface area contributed by atoms with Crippen LogP contribution in [0.1, 0.15) is 37.2 Å². The van der Waals surface area contributed by atoms with Gasteiger partial charge in [-0.1, -0.05) is 18.2 Å². The number of pyridine rings is 1. The highest BCUT2D eigenvalue weighted by atomic mass is 16.2. The van der Waals surface area contributed by atoms with Crippen LogP contribution in [0.3, 0.4) is 0 Å². The first kappa shape index (κ1) is 16.6. The van der Waals surface area contributed by atoms with Gasteiger partial charge in [0, 0.05) is 25.2 Å². The van der Waals surface area contributed by atoms with Crippen molar-refractivity contribution in [2.24, 2.45) is 0 Å². The second kappa shape index (κ2) is 7.15. The van der Waals surface area contributed by atoms with Gasteiger partial charge in [-0.25, -0.2) is 4.98 Å². The molecule has 1 aromatic heterocycles. The van der Waals surface area contributed by atoms with Crippen molar-refractivity contribution in [2.45, 2.75) is 31.6 Å². The third-order valence-electron chi connectivity index (χ3n) is 5.01. The Hall–Kier alpha value is -2.89. The predicted octanol–water partition coefficient (Wildman–Crippen LogP) is 3.14. The van der Waals surface area contributed by atoms with Crippen molar-refractivity contribution in [2.75, 3.05) is 28.6 Å². The minimum Gasteiger partial charge on any atom is -0.357 e. The topological polar surface area (TPSA) is 74.3 Å². The zero-order chi connectivity index (χ0) is 17.9. The molecule has 0 saturated carbocycles. The van der Waals surface area contributed by atoms with Crippen molar-refractivity contribution in [1.82, 2.24) is 4.98 Å². The molecule has 1 saturated heterocycles. The zero-order valence-corrected chi connectivity index (χ0v) is 14.6. The molecule has 1 unspecified atom stereocenters. The number of piperidine rings is 1. The van der Waals surface area contributed by atoms with Gasteiger partial charge in [-0.2, -0.15) is 0 Å². The smallest absolute Gasteiger partial charge is 0.232 e. The maximum absolute atomic E-state index is 12.7. The summed E-state index contributed by atoms with van der Waals surface area (Å²) in [5.41, 5.74) is 2.21. The fourth-order valence-electron chi connectivity index (χ4n) is 3.64. The molecule has 26 heavy (non-hydrogen) atoms. The molecule has 2 aromatic rings. The number of rotatable bonds is 3. The van der Waals surface area contributed by atoms with E-state index in [0.29, 0.717) is 11.4 Å². The van der Waals surface area contributed by atoms with Crippen LogP contribution >= 0.6 is 0 Å². The molecule has 1 fully saturated rings. The van der Waals surface area contributed by atoms with Crippen LogP contribution < -0.4 is 15.5 Å². The Kier molecular flexibility index (Phi) is 4.56. The van der Waals surface area contributed by atoms with Gasteiger partial charge < -0.3 is 15.5 Å². The summed E-state index contributed by atoms with van der Waals surface area (Å²) in [5.74, 6) is 0.147. The van der Waals surface area contributed by atoms with E-state index in [1.54, 1.807) is 6.20 Å². The van der Waals surface area contributed by atoms with E-state index in [1.165, 1.54) is 19.3 Å².